The van der Waals surface area contributed by atoms with Gasteiger partial charge in [-0.2, -0.15) is 5.10 Å². The predicted molar refractivity (Wildman–Crippen MR) is 100.0 cm³/mol. The maximum absolute atomic E-state index is 12.4. The Morgan fingerprint density at radius 2 is 1.96 bits per heavy atom. The third-order valence-electron chi connectivity index (χ3n) is 5.32. The maximum atomic E-state index is 12.4. The van der Waals surface area contributed by atoms with Gasteiger partial charge in [0.1, 0.15) is 6.33 Å². The summed E-state index contributed by atoms with van der Waals surface area (Å²) in [5.41, 5.74) is 1.02. The zero-order valence-corrected chi connectivity index (χ0v) is 15.0. The Kier molecular flexibility index (Phi) is 3.95. The van der Waals surface area contributed by atoms with Gasteiger partial charge in [0.15, 0.2) is 11.6 Å². The molecule has 0 spiro atoms. The smallest absolute Gasteiger partial charge is 0.266 e. The van der Waals surface area contributed by atoms with Crippen LogP contribution >= 0.6 is 0 Å². The molecule has 2 fully saturated rings. The molecule has 1 saturated heterocycles. The normalized spacial score (nSPS) is 19.6. The molecule has 0 amide bonds. The van der Waals surface area contributed by atoms with E-state index in [9.17, 15) is 4.79 Å². The molecule has 1 atom stereocenters. The first-order valence-corrected chi connectivity index (χ1v) is 9.43. The van der Waals surface area contributed by atoms with Gasteiger partial charge in [-0.1, -0.05) is 0 Å². The van der Waals surface area contributed by atoms with Crippen LogP contribution in [0.15, 0.2) is 48.0 Å². The van der Waals surface area contributed by atoms with E-state index in [0.717, 1.165) is 30.9 Å². The van der Waals surface area contributed by atoms with Crippen LogP contribution in [0.3, 0.4) is 0 Å². The van der Waals surface area contributed by atoms with Crippen molar-refractivity contribution >= 4 is 5.82 Å². The lowest BCUT2D eigenvalue weighted by Gasteiger charge is -2.27. The van der Waals surface area contributed by atoms with Crippen LogP contribution in [0.2, 0.25) is 0 Å². The molecule has 8 nitrogen and oxygen atoms in total. The number of anilines is 1. The largest absolute Gasteiger partial charge is 0.350 e. The van der Waals surface area contributed by atoms with E-state index >= 15 is 0 Å². The maximum Gasteiger partial charge on any atom is 0.266 e. The van der Waals surface area contributed by atoms with Crippen LogP contribution < -0.4 is 10.5 Å². The van der Waals surface area contributed by atoms with Crippen LogP contribution in [0.4, 0.5) is 5.82 Å². The van der Waals surface area contributed by atoms with Crippen molar-refractivity contribution in [3.63, 3.8) is 0 Å². The Hall–Kier alpha value is -3.03. The number of nitrogens with zero attached hydrogens (tertiary/aromatic N) is 7. The number of aromatic nitrogens is 6. The molecule has 1 aliphatic heterocycles. The fourth-order valence-electron chi connectivity index (χ4n) is 3.81. The topological polar surface area (TPSA) is 81.7 Å². The molecular formula is C19H21N7O. The van der Waals surface area contributed by atoms with Gasteiger partial charge < -0.3 is 4.90 Å². The van der Waals surface area contributed by atoms with Gasteiger partial charge >= 0.3 is 0 Å². The molecule has 4 heterocycles. The fraction of sp³-hybridized carbons (Fsp3) is 0.421. The molecule has 0 radical (unpaired) electrons. The second-order valence-electron chi connectivity index (χ2n) is 7.21. The highest BCUT2D eigenvalue weighted by molar-refractivity contribution is 5.48. The minimum atomic E-state index is -0.0905. The molecule has 0 N–H and O–H groups in total. The lowest BCUT2D eigenvalue weighted by Crippen LogP contribution is -2.38. The van der Waals surface area contributed by atoms with Crippen molar-refractivity contribution in [1.82, 2.24) is 29.3 Å². The molecule has 3 aromatic rings. The van der Waals surface area contributed by atoms with Crippen LogP contribution in [-0.2, 0) is 6.54 Å². The quantitative estimate of drug-likeness (QED) is 0.687. The second kappa shape index (κ2) is 6.61. The van der Waals surface area contributed by atoms with Crippen molar-refractivity contribution in [1.29, 1.82) is 0 Å². The Morgan fingerprint density at radius 1 is 1.07 bits per heavy atom. The number of imidazole rings is 1. The van der Waals surface area contributed by atoms with Crippen molar-refractivity contribution in [2.45, 2.75) is 44.2 Å². The average molecular weight is 363 g/mol. The summed E-state index contributed by atoms with van der Waals surface area (Å²) in [6, 6.07) is 3.49. The van der Waals surface area contributed by atoms with Crippen molar-refractivity contribution in [2.24, 2.45) is 0 Å². The summed E-state index contributed by atoms with van der Waals surface area (Å²) in [4.78, 5) is 28.0. The number of rotatable bonds is 5. The average Bonchev–Trinajstić information content (AvgIpc) is 3.19. The second-order valence-corrected chi connectivity index (χ2v) is 7.21. The molecule has 0 aromatic carbocycles. The minimum Gasteiger partial charge on any atom is -0.350 e. The fourth-order valence-corrected chi connectivity index (χ4v) is 3.81. The first-order chi connectivity index (χ1) is 13.3. The molecular weight excluding hydrogens is 342 g/mol. The van der Waals surface area contributed by atoms with E-state index in [4.69, 9.17) is 0 Å². The molecule has 2 aliphatic rings. The number of hydrogen-bond donors (Lipinski definition) is 0. The van der Waals surface area contributed by atoms with Crippen molar-refractivity contribution in [2.75, 3.05) is 11.4 Å². The summed E-state index contributed by atoms with van der Waals surface area (Å²) in [5, 5.41) is 4.54. The van der Waals surface area contributed by atoms with Gasteiger partial charge in [-0.05, 0) is 31.7 Å². The Bertz CT molecular complexity index is 993. The SMILES string of the molecule is O=c1ccc(-n2ccnc2)nn1CC1CCCN1c1nccnc1C1CC1. The molecule has 3 aromatic heterocycles. The molecule has 8 heteroatoms. The third kappa shape index (κ3) is 3.11. The first-order valence-electron chi connectivity index (χ1n) is 9.43. The molecule has 27 heavy (non-hydrogen) atoms. The van der Waals surface area contributed by atoms with Gasteiger partial charge in [-0.15, -0.1) is 0 Å². The van der Waals surface area contributed by atoms with E-state index in [1.165, 1.54) is 12.8 Å². The standard InChI is InChI=1S/C19H21N7O/c27-17-6-5-16(24-11-9-20-13-24)23-26(17)12-15-2-1-10-25(15)19-18(14-3-4-14)21-7-8-22-19/h5-9,11,13-15H,1-4,10,12H2. The van der Waals surface area contributed by atoms with E-state index in [1.807, 2.05) is 6.20 Å². The zero-order valence-electron chi connectivity index (χ0n) is 15.0. The summed E-state index contributed by atoms with van der Waals surface area (Å²) in [6.07, 6.45) is 13.2. The highest BCUT2D eigenvalue weighted by Crippen LogP contribution is 2.43. The lowest BCUT2D eigenvalue weighted by atomic mass is 10.2. The molecule has 0 bridgehead atoms. The zero-order chi connectivity index (χ0) is 18.2. The van der Waals surface area contributed by atoms with Gasteiger partial charge in [-0.3, -0.25) is 14.3 Å². The van der Waals surface area contributed by atoms with Crippen LogP contribution in [0.1, 0.15) is 37.3 Å². The Labute approximate surface area is 156 Å². The number of hydrogen-bond acceptors (Lipinski definition) is 6. The van der Waals surface area contributed by atoms with Crippen LogP contribution in [-0.4, -0.2) is 41.9 Å². The summed E-state index contributed by atoms with van der Waals surface area (Å²) in [6.45, 7) is 1.49. The summed E-state index contributed by atoms with van der Waals surface area (Å²) < 4.78 is 3.36. The van der Waals surface area contributed by atoms with Gasteiger partial charge in [0.05, 0.1) is 18.3 Å². The van der Waals surface area contributed by atoms with E-state index in [0.29, 0.717) is 18.3 Å². The van der Waals surface area contributed by atoms with Crippen molar-refractivity contribution < 1.29 is 0 Å². The highest BCUT2D eigenvalue weighted by Gasteiger charge is 2.34. The lowest BCUT2D eigenvalue weighted by molar-refractivity contribution is 0.483. The van der Waals surface area contributed by atoms with Crippen LogP contribution in [0, 0.1) is 0 Å². The highest BCUT2D eigenvalue weighted by atomic mass is 16.1. The van der Waals surface area contributed by atoms with Crippen molar-refractivity contribution in [3.8, 4) is 5.82 Å². The van der Waals surface area contributed by atoms with E-state index in [1.54, 1.807) is 46.3 Å². The van der Waals surface area contributed by atoms with E-state index in [-0.39, 0.29) is 11.6 Å². The van der Waals surface area contributed by atoms with Crippen LogP contribution in [0.5, 0.6) is 0 Å². The molecule has 1 saturated carbocycles. The van der Waals surface area contributed by atoms with Gasteiger partial charge in [0, 0.05) is 43.3 Å². The summed E-state index contributed by atoms with van der Waals surface area (Å²) in [7, 11) is 0. The monoisotopic (exact) mass is 363 g/mol. The summed E-state index contributed by atoms with van der Waals surface area (Å²) in [5.74, 6) is 2.22. The Morgan fingerprint density at radius 3 is 2.78 bits per heavy atom. The van der Waals surface area contributed by atoms with Gasteiger partial charge in [-0.25, -0.2) is 14.6 Å². The third-order valence-corrected chi connectivity index (χ3v) is 5.32. The van der Waals surface area contributed by atoms with Gasteiger partial charge in [0.25, 0.3) is 5.56 Å². The molecule has 5 rings (SSSR count). The van der Waals surface area contributed by atoms with Gasteiger partial charge in [0.2, 0.25) is 0 Å². The Balaban J connectivity index is 1.44. The molecule has 138 valence electrons. The van der Waals surface area contributed by atoms with E-state index in [2.05, 4.69) is 25.0 Å². The summed E-state index contributed by atoms with van der Waals surface area (Å²) >= 11 is 0. The van der Waals surface area contributed by atoms with Crippen molar-refractivity contribution in [3.05, 3.63) is 59.3 Å². The predicted octanol–water partition coefficient (Wildman–Crippen LogP) is 1.77. The van der Waals surface area contributed by atoms with Crippen LogP contribution in [0.25, 0.3) is 5.82 Å². The first kappa shape index (κ1) is 16.2. The molecule has 1 unspecified atom stereocenters. The minimum absolute atomic E-state index is 0.0905. The van der Waals surface area contributed by atoms with E-state index < -0.39 is 0 Å². The molecule has 1 aliphatic carbocycles.